The average molecular weight is 292 g/mol. The van der Waals surface area contributed by atoms with Crippen molar-refractivity contribution in [3.8, 4) is 5.75 Å². The van der Waals surface area contributed by atoms with Crippen LogP contribution in [0.1, 0.15) is 17.8 Å². The summed E-state index contributed by atoms with van der Waals surface area (Å²) in [6.07, 6.45) is 0. The first kappa shape index (κ1) is 13.8. The van der Waals surface area contributed by atoms with Crippen molar-refractivity contribution in [2.75, 3.05) is 12.4 Å². The van der Waals surface area contributed by atoms with Crippen LogP contribution in [0.4, 0.5) is 5.69 Å². The number of thiocarbonyl (C=S) groups is 1. The van der Waals surface area contributed by atoms with Crippen LogP contribution in [-0.2, 0) is 0 Å². The average Bonchev–Trinajstić information content (AvgIpc) is 2.93. The van der Waals surface area contributed by atoms with Gasteiger partial charge in [-0.3, -0.25) is 0 Å². The fourth-order valence-corrected chi connectivity index (χ4v) is 2.68. The summed E-state index contributed by atoms with van der Waals surface area (Å²) >= 11 is 7.02. The molecule has 1 aromatic carbocycles. The molecule has 100 valence electrons. The van der Waals surface area contributed by atoms with Crippen LogP contribution < -0.4 is 15.4 Å². The number of hydrogen-bond acceptors (Lipinski definition) is 3. The van der Waals surface area contributed by atoms with Gasteiger partial charge in [0.25, 0.3) is 0 Å². The van der Waals surface area contributed by atoms with Gasteiger partial charge >= 0.3 is 0 Å². The van der Waals surface area contributed by atoms with E-state index >= 15 is 0 Å². The van der Waals surface area contributed by atoms with Gasteiger partial charge in [-0.05, 0) is 54.9 Å². The van der Waals surface area contributed by atoms with Gasteiger partial charge in [0.2, 0.25) is 0 Å². The van der Waals surface area contributed by atoms with E-state index in [9.17, 15) is 0 Å². The third kappa shape index (κ3) is 3.94. The lowest BCUT2D eigenvalue weighted by molar-refractivity contribution is 0.415. The molecule has 1 aromatic heterocycles. The fraction of sp³-hybridized carbons (Fsp3) is 0.214. The zero-order valence-corrected chi connectivity index (χ0v) is 12.5. The summed E-state index contributed by atoms with van der Waals surface area (Å²) in [5.41, 5.74) is 0.941. The summed E-state index contributed by atoms with van der Waals surface area (Å²) in [7, 11) is 1.65. The van der Waals surface area contributed by atoms with Crippen molar-refractivity contribution < 1.29 is 4.74 Å². The van der Waals surface area contributed by atoms with E-state index in [1.54, 1.807) is 18.4 Å². The summed E-state index contributed by atoms with van der Waals surface area (Å²) in [6, 6.07) is 12.0. The summed E-state index contributed by atoms with van der Waals surface area (Å²) in [5, 5.41) is 9.09. The first-order valence-electron chi connectivity index (χ1n) is 5.94. The van der Waals surface area contributed by atoms with Crippen LogP contribution in [0.3, 0.4) is 0 Å². The molecule has 19 heavy (non-hydrogen) atoms. The molecule has 0 unspecified atom stereocenters. The second-order valence-corrected chi connectivity index (χ2v) is 5.45. The van der Waals surface area contributed by atoms with Crippen molar-refractivity contribution in [1.29, 1.82) is 0 Å². The van der Waals surface area contributed by atoms with Crippen LogP contribution in [0.5, 0.6) is 5.75 Å². The maximum Gasteiger partial charge on any atom is 0.171 e. The monoisotopic (exact) mass is 292 g/mol. The van der Waals surface area contributed by atoms with Crippen LogP contribution in [0.15, 0.2) is 41.8 Å². The summed E-state index contributed by atoms with van der Waals surface area (Å²) in [6.45, 7) is 2.09. The molecule has 0 amide bonds. The first-order chi connectivity index (χ1) is 9.19. The van der Waals surface area contributed by atoms with E-state index in [4.69, 9.17) is 17.0 Å². The number of thiophene rings is 1. The number of benzene rings is 1. The molecule has 2 rings (SSSR count). The van der Waals surface area contributed by atoms with Gasteiger partial charge in [-0.25, -0.2) is 0 Å². The standard InChI is InChI=1S/C14H16N2OS2/c1-10(13-4-3-9-19-13)15-14(18)16-11-5-7-12(17-2)8-6-11/h3-10H,1-2H3,(H2,15,16,18)/t10-/m1/s1. The van der Waals surface area contributed by atoms with Crippen molar-refractivity contribution in [2.45, 2.75) is 13.0 Å². The zero-order chi connectivity index (χ0) is 13.7. The second kappa shape index (κ2) is 6.54. The van der Waals surface area contributed by atoms with Crippen molar-refractivity contribution in [3.63, 3.8) is 0 Å². The lowest BCUT2D eigenvalue weighted by Crippen LogP contribution is -2.30. The molecule has 0 aliphatic rings. The molecule has 0 saturated carbocycles. The summed E-state index contributed by atoms with van der Waals surface area (Å²) in [5.74, 6) is 0.830. The minimum absolute atomic E-state index is 0.207. The van der Waals surface area contributed by atoms with Gasteiger partial charge in [-0.1, -0.05) is 6.07 Å². The molecule has 0 bridgehead atoms. The molecule has 1 heterocycles. The quantitative estimate of drug-likeness (QED) is 0.840. The Morgan fingerprint density at radius 2 is 2.00 bits per heavy atom. The molecule has 0 spiro atoms. The number of rotatable bonds is 4. The van der Waals surface area contributed by atoms with Gasteiger partial charge < -0.3 is 15.4 Å². The van der Waals surface area contributed by atoms with Crippen molar-refractivity contribution in [3.05, 3.63) is 46.7 Å². The van der Waals surface area contributed by atoms with Gasteiger partial charge in [-0.2, -0.15) is 0 Å². The minimum Gasteiger partial charge on any atom is -0.497 e. The largest absolute Gasteiger partial charge is 0.497 e. The molecule has 5 heteroatoms. The minimum atomic E-state index is 0.207. The van der Waals surface area contributed by atoms with Crippen LogP contribution in [0.25, 0.3) is 0 Å². The van der Waals surface area contributed by atoms with Crippen molar-refractivity contribution >= 4 is 34.4 Å². The normalized spacial score (nSPS) is 11.7. The Hall–Kier alpha value is -1.59. The molecule has 2 N–H and O–H groups in total. The number of hydrogen-bond donors (Lipinski definition) is 2. The third-order valence-corrected chi connectivity index (χ3v) is 3.94. The van der Waals surface area contributed by atoms with E-state index in [1.165, 1.54) is 4.88 Å². The Kier molecular flexibility index (Phi) is 4.76. The Morgan fingerprint density at radius 3 is 2.58 bits per heavy atom. The maximum atomic E-state index is 5.30. The highest BCUT2D eigenvalue weighted by Crippen LogP contribution is 2.19. The van der Waals surface area contributed by atoms with Crippen LogP contribution in [0.2, 0.25) is 0 Å². The van der Waals surface area contributed by atoms with E-state index in [0.717, 1.165) is 11.4 Å². The molecule has 1 atom stereocenters. The lowest BCUT2D eigenvalue weighted by Gasteiger charge is -2.16. The summed E-state index contributed by atoms with van der Waals surface area (Å²) in [4.78, 5) is 1.26. The smallest absolute Gasteiger partial charge is 0.171 e. The van der Waals surface area contributed by atoms with Gasteiger partial charge in [0.05, 0.1) is 13.2 Å². The molecule has 0 radical (unpaired) electrons. The first-order valence-corrected chi connectivity index (χ1v) is 7.23. The molecule has 0 saturated heterocycles. The maximum absolute atomic E-state index is 5.30. The molecule has 0 aliphatic carbocycles. The molecule has 3 nitrogen and oxygen atoms in total. The molecule has 2 aromatic rings. The third-order valence-electron chi connectivity index (χ3n) is 2.67. The SMILES string of the molecule is COc1ccc(NC(=S)N[C@H](C)c2cccs2)cc1. The number of ether oxygens (including phenoxy) is 1. The lowest BCUT2D eigenvalue weighted by atomic mass is 10.3. The molecule has 0 aliphatic heterocycles. The second-order valence-electron chi connectivity index (χ2n) is 4.06. The Balaban J connectivity index is 1.90. The number of nitrogens with one attached hydrogen (secondary N) is 2. The van der Waals surface area contributed by atoms with E-state index in [1.807, 2.05) is 30.3 Å². The predicted molar refractivity (Wildman–Crippen MR) is 85.1 cm³/mol. The number of anilines is 1. The van der Waals surface area contributed by atoms with Crippen LogP contribution >= 0.6 is 23.6 Å². The molecular weight excluding hydrogens is 276 g/mol. The fourth-order valence-electron chi connectivity index (χ4n) is 1.65. The van der Waals surface area contributed by atoms with Crippen molar-refractivity contribution in [2.24, 2.45) is 0 Å². The van der Waals surface area contributed by atoms with E-state index < -0.39 is 0 Å². The van der Waals surface area contributed by atoms with Crippen molar-refractivity contribution in [1.82, 2.24) is 5.32 Å². The van der Waals surface area contributed by atoms with Gasteiger partial charge in [-0.15, -0.1) is 11.3 Å². The van der Waals surface area contributed by atoms with Gasteiger partial charge in [0.1, 0.15) is 5.75 Å². The van der Waals surface area contributed by atoms with Crippen LogP contribution in [-0.4, -0.2) is 12.2 Å². The van der Waals surface area contributed by atoms with Gasteiger partial charge in [0.15, 0.2) is 5.11 Å². The highest BCUT2D eigenvalue weighted by Gasteiger charge is 2.07. The molecular formula is C14H16N2OS2. The van der Waals surface area contributed by atoms with E-state index in [-0.39, 0.29) is 6.04 Å². The molecule has 0 fully saturated rings. The highest BCUT2D eigenvalue weighted by atomic mass is 32.1. The Labute approximate surface area is 122 Å². The highest BCUT2D eigenvalue weighted by molar-refractivity contribution is 7.80. The van der Waals surface area contributed by atoms with Crippen LogP contribution in [0, 0.1) is 0 Å². The Morgan fingerprint density at radius 1 is 1.26 bits per heavy atom. The zero-order valence-electron chi connectivity index (χ0n) is 10.8. The predicted octanol–water partition coefficient (Wildman–Crippen LogP) is 3.80. The van der Waals surface area contributed by atoms with E-state index in [2.05, 4.69) is 29.0 Å². The number of methoxy groups -OCH3 is 1. The summed E-state index contributed by atoms with van der Waals surface area (Å²) < 4.78 is 5.11. The Bertz CT molecular complexity index is 523. The van der Waals surface area contributed by atoms with Gasteiger partial charge in [0, 0.05) is 10.6 Å². The van der Waals surface area contributed by atoms with E-state index in [0.29, 0.717) is 5.11 Å². The topological polar surface area (TPSA) is 33.3 Å².